The Bertz CT molecular complexity index is 818. The lowest BCUT2D eigenvalue weighted by Gasteiger charge is -2.19. The largest absolute Gasteiger partial charge is 0.495 e. The van der Waals surface area contributed by atoms with Gasteiger partial charge in [-0.3, -0.25) is 9.69 Å². The van der Waals surface area contributed by atoms with Gasteiger partial charge in [-0.15, -0.1) is 0 Å². The number of amides is 3. The van der Waals surface area contributed by atoms with Crippen molar-refractivity contribution in [1.82, 2.24) is 4.90 Å². The summed E-state index contributed by atoms with van der Waals surface area (Å²) in [5.74, 6) is 0.791. The Kier molecular flexibility index (Phi) is 5.64. The SMILES string of the molecule is COc1ccccc1NC(=O)CN1CCN(c2ccc(C(C)C)cc2)C1=O. The highest BCUT2D eigenvalue weighted by Crippen LogP contribution is 2.25. The van der Waals surface area contributed by atoms with Gasteiger partial charge in [0.15, 0.2) is 0 Å². The number of rotatable bonds is 6. The van der Waals surface area contributed by atoms with E-state index in [0.717, 1.165) is 5.69 Å². The van der Waals surface area contributed by atoms with Gasteiger partial charge >= 0.3 is 6.03 Å². The molecule has 0 spiro atoms. The average molecular weight is 367 g/mol. The molecule has 0 saturated carbocycles. The van der Waals surface area contributed by atoms with Crippen LogP contribution in [-0.2, 0) is 4.79 Å². The quantitative estimate of drug-likeness (QED) is 0.847. The molecule has 0 radical (unpaired) electrons. The van der Waals surface area contributed by atoms with E-state index < -0.39 is 0 Å². The van der Waals surface area contributed by atoms with Crippen LogP contribution in [0.3, 0.4) is 0 Å². The van der Waals surface area contributed by atoms with E-state index in [-0.39, 0.29) is 18.5 Å². The first-order chi connectivity index (χ1) is 13.0. The maximum Gasteiger partial charge on any atom is 0.325 e. The van der Waals surface area contributed by atoms with Crippen LogP contribution in [0, 0.1) is 0 Å². The highest BCUT2D eigenvalue weighted by Gasteiger charge is 2.30. The first-order valence-electron chi connectivity index (χ1n) is 9.09. The molecule has 6 nitrogen and oxygen atoms in total. The van der Waals surface area contributed by atoms with E-state index in [1.165, 1.54) is 5.56 Å². The van der Waals surface area contributed by atoms with Gasteiger partial charge in [0.25, 0.3) is 0 Å². The van der Waals surface area contributed by atoms with Crippen molar-refractivity contribution in [2.24, 2.45) is 0 Å². The molecule has 3 rings (SSSR count). The van der Waals surface area contributed by atoms with Crippen LogP contribution in [0.25, 0.3) is 0 Å². The summed E-state index contributed by atoms with van der Waals surface area (Å²) in [6.07, 6.45) is 0. The number of ether oxygens (including phenoxy) is 1. The number of urea groups is 1. The Morgan fingerprint density at radius 2 is 1.81 bits per heavy atom. The molecule has 1 fully saturated rings. The molecule has 0 unspecified atom stereocenters. The summed E-state index contributed by atoms with van der Waals surface area (Å²) in [6.45, 7) is 5.37. The fourth-order valence-electron chi connectivity index (χ4n) is 3.12. The first kappa shape index (κ1) is 18.8. The normalized spacial score (nSPS) is 14.0. The van der Waals surface area contributed by atoms with Crippen molar-refractivity contribution in [2.75, 3.05) is 37.0 Å². The molecule has 0 bridgehead atoms. The second kappa shape index (κ2) is 8.12. The Morgan fingerprint density at radius 3 is 2.48 bits per heavy atom. The fourth-order valence-corrected chi connectivity index (χ4v) is 3.12. The average Bonchev–Trinajstić information content (AvgIpc) is 3.02. The summed E-state index contributed by atoms with van der Waals surface area (Å²) in [5, 5.41) is 2.81. The summed E-state index contributed by atoms with van der Waals surface area (Å²) in [7, 11) is 1.55. The molecule has 1 saturated heterocycles. The van der Waals surface area contributed by atoms with Crippen molar-refractivity contribution < 1.29 is 14.3 Å². The number of carbonyl (C=O) groups is 2. The fraction of sp³-hybridized carbons (Fsp3) is 0.333. The predicted molar refractivity (Wildman–Crippen MR) is 106 cm³/mol. The van der Waals surface area contributed by atoms with E-state index in [1.807, 2.05) is 36.4 Å². The zero-order chi connectivity index (χ0) is 19.4. The highest BCUT2D eigenvalue weighted by atomic mass is 16.5. The van der Waals surface area contributed by atoms with Crippen LogP contribution in [0.1, 0.15) is 25.3 Å². The number of anilines is 2. The maximum atomic E-state index is 12.7. The third-order valence-corrected chi connectivity index (χ3v) is 4.68. The van der Waals surface area contributed by atoms with Gasteiger partial charge in [-0.05, 0) is 35.7 Å². The van der Waals surface area contributed by atoms with Crippen molar-refractivity contribution in [2.45, 2.75) is 19.8 Å². The maximum absolute atomic E-state index is 12.7. The molecule has 0 aliphatic carbocycles. The van der Waals surface area contributed by atoms with Crippen molar-refractivity contribution in [3.05, 3.63) is 54.1 Å². The summed E-state index contributed by atoms with van der Waals surface area (Å²) < 4.78 is 5.24. The molecule has 1 heterocycles. The minimum Gasteiger partial charge on any atom is -0.495 e. The summed E-state index contributed by atoms with van der Waals surface area (Å²) in [5.41, 5.74) is 2.69. The van der Waals surface area contributed by atoms with Crippen molar-refractivity contribution in [3.8, 4) is 5.75 Å². The molecule has 2 aromatic carbocycles. The Hall–Kier alpha value is -3.02. The van der Waals surface area contributed by atoms with E-state index in [9.17, 15) is 9.59 Å². The van der Waals surface area contributed by atoms with Crippen molar-refractivity contribution >= 4 is 23.3 Å². The van der Waals surface area contributed by atoms with Crippen molar-refractivity contribution in [1.29, 1.82) is 0 Å². The monoisotopic (exact) mass is 367 g/mol. The lowest BCUT2D eigenvalue weighted by molar-refractivity contribution is -0.116. The van der Waals surface area contributed by atoms with Crippen LogP contribution in [0.5, 0.6) is 5.75 Å². The summed E-state index contributed by atoms with van der Waals surface area (Å²) in [6, 6.07) is 15.1. The molecule has 27 heavy (non-hydrogen) atoms. The minimum atomic E-state index is -0.246. The number of carbonyl (C=O) groups excluding carboxylic acids is 2. The van der Waals surface area contributed by atoms with Gasteiger partial charge in [-0.1, -0.05) is 38.1 Å². The molecule has 3 amide bonds. The highest BCUT2D eigenvalue weighted by molar-refractivity contribution is 5.99. The number of benzene rings is 2. The van der Waals surface area contributed by atoms with Crippen LogP contribution in [0.15, 0.2) is 48.5 Å². The Balaban J connectivity index is 1.62. The zero-order valence-corrected chi connectivity index (χ0v) is 15.9. The second-order valence-corrected chi connectivity index (χ2v) is 6.85. The number of hydrogen-bond acceptors (Lipinski definition) is 3. The molecule has 0 aromatic heterocycles. The molecule has 1 aliphatic heterocycles. The third-order valence-electron chi connectivity index (χ3n) is 4.68. The van der Waals surface area contributed by atoms with Crippen LogP contribution in [-0.4, -0.2) is 43.6 Å². The van der Waals surface area contributed by atoms with Gasteiger partial charge in [0.2, 0.25) is 5.91 Å². The van der Waals surface area contributed by atoms with Crippen LogP contribution < -0.4 is 15.0 Å². The molecular weight excluding hydrogens is 342 g/mol. The number of nitrogens with zero attached hydrogens (tertiary/aromatic N) is 2. The van der Waals surface area contributed by atoms with Gasteiger partial charge in [-0.2, -0.15) is 0 Å². The Morgan fingerprint density at radius 1 is 1.11 bits per heavy atom. The number of nitrogens with one attached hydrogen (secondary N) is 1. The van der Waals surface area contributed by atoms with Gasteiger partial charge in [0.1, 0.15) is 12.3 Å². The lowest BCUT2D eigenvalue weighted by Crippen LogP contribution is -2.37. The summed E-state index contributed by atoms with van der Waals surface area (Å²) >= 11 is 0. The third kappa shape index (κ3) is 4.22. The van der Waals surface area contributed by atoms with Gasteiger partial charge in [0, 0.05) is 18.8 Å². The number of methoxy groups -OCH3 is 1. The smallest absolute Gasteiger partial charge is 0.325 e. The Labute approximate surface area is 159 Å². The predicted octanol–water partition coefficient (Wildman–Crippen LogP) is 3.70. The van der Waals surface area contributed by atoms with Gasteiger partial charge in [-0.25, -0.2) is 4.79 Å². The van der Waals surface area contributed by atoms with Crippen LogP contribution in [0.2, 0.25) is 0 Å². The second-order valence-electron chi connectivity index (χ2n) is 6.85. The lowest BCUT2D eigenvalue weighted by atomic mass is 10.0. The van der Waals surface area contributed by atoms with E-state index in [1.54, 1.807) is 29.0 Å². The topological polar surface area (TPSA) is 61.9 Å². The molecule has 2 aromatic rings. The molecule has 1 aliphatic rings. The van der Waals surface area contributed by atoms with E-state index >= 15 is 0 Å². The van der Waals surface area contributed by atoms with Gasteiger partial charge < -0.3 is 15.0 Å². The molecule has 142 valence electrons. The van der Waals surface area contributed by atoms with Crippen molar-refractivity contribution in [3.63, 3.8) is 0 Å². The summed E-state index contributed by atoms with van der Waals surface area (Å²) in [4.78, 5) is 28.3. The molecular formula is C21H25N3O3. The molecule has 1 N–H and O–H groups in total. The van der Waals surface area contributed by atoms with Crippen LogP contribution >= 0.6 is 0 Å². The molecule has 6 heteroatoms. The van der Waals surface area contributed by atoms with E-state index in [0.29, 0.717) is 30.4 Å². The van der Waals surface area contributed by atoms with E-state index in [2.05, 4.69) is 19.2 Å². The minimum absolute atomic E-state index is 0.0114. The molecule has 0 atom stereocenters. The van der Waals surface area contributed by atoms with Crippen LogP contribution in [0.4, 0.5) is 16.2 Å². The number of para-hydroxylation sites is 2. The number of hydrogen-bond donors (Lipinski definition) is 1. The van der Waals surface area contributed by atoms with Gasteiger partial charge in [0.05, 0.1) is 12.8 Å². The standard InChI is InChI=1S/C21H25N3O3/c1-15(2)16-8-10-17(11-9-16)24-13-12-23(21(24)26)14-20(25)22-18-6-4-5-7-19(18)27-3/h4-11,15H,12-14H2,1-3H3,(H,22,25). The zero-order valence-electron chi connectivity index (χ0n) is 15.9. The first-order valence-corrected chi connectivity index (χ1v) is 9.09. The van der Waals surface area contributed by atoms with E-state index in [4.69, 9.17) is 4.74 Å².